The average Bonchev–Trinajstić information content (AvgIpc) is 2.79. The van der Waals surface area contributed by atoms with Crippen molar-refractivity contribution >= 4 is 50.5 Å². The Morgan fingerprint density at radius 2 is 1.66 bits per heavy atom. The van der Waals surface area contributed by atoms with Crippen molar-refractivity contribution in [3.05, 3.63) is 76.8 Å². The Labute approximate surface area is 195 Å². The number of carbonyl (C=O) groups is 1. The first-order valence-corrected chi connectivity index (χ1v) is 11.8. The lowest BCUT2D eigenvalue weighted by atomic mass is 10.2. The molecule has 0 saturated carbocycles. The molecule has 1 aliphatic rings. The number of nitrogens with zero attached hydrogens (tertiary/aromatic N) is 1. The number of anilines is 2. The lowest BCUT2D eigenvalue weighted by molar-refractivity contribution is -0.114. The first kappa shape index (κ1) is 22.3. The first-order chi connectivity index (χ1) is 15.3. The molecular formula is C22H18Cl2N2O5S. The number of fused-ring (bicyclic) bond motifs is 1. The fourth-order valence-corrected chi connectivity index (χ4v) is 5.04. The highest BCUT2D eigenvalue weighted by atomic mass is 35.5. The van der Waals surface area contributed by atoms with E-state index in [2.05, 4.69) is 5.32 Å². The Bertz CT molecular complexity index is 1250. The molecule has 166 valence electrons. The molecule has 10 heteroatoms. The molecular weight excluding hydrogens is 475 g/mol. The summed E-state index contributed by atoms with van der Waals surface area (Å²) in [5.41, 5.74) is 0.536. The van der Waals surface area contributed by atoms with E-state index < -0.39 is 22.5 Å². The number of ether oxygens (including phenoxy) is 2. The predicted molar refractivity (Wildman–Crippen MR) is 123 cm³/mol. The summed E-state index contributed by atoms with van der Waals surface area (Å²) in [5.74, 6) is 0.506. The number of nitrogens with one attached hydrogen (secondary N) is 1. The van der Waals surface area contributed by atoms with Crippen molar-refractivity contribution in [2.75, 3.05) is 29.4 Å². The summed E-state index contributed by atoms with van der Waals surface area (Å²) in [5, 5.41) is 3.12. The van der Waals surface area contributed by atoms with Crippen molar-refractivity contribution in [3.63, 3.8) is 0 Å². The van der Waals surface area contributed by atoms with Crippen LogP contribution < -0.4 is 19.1 Å². The Kier molecular flexibility index (Phi) is 6.45. The van der Waals surface area contributed by atoms with Crippen LogP contribution in [0.2, 0.25) is 10.0 Å². The Morgan fingerprint density at radius 3 is 2.41 bits per heavy atom. The average molecular weight is 493 g/mol. The van der Waals surface area contributed by atoms with Gasteiger partial charge in [-0.25, -0.2) is 8.42 Å². The second-order valence-corrected chi connectivity index (χ2v) is 9.53. The van der Waals surface area contributed by atoms with E-state index in [-0.39, 0.29) is 20.6 Å². The fraction of sp³-hybridized carbons (Fsp3) is 0.136. The molecule has 0 fully saturated rings. The van der Waals surface area contributed by atoms with Gasteiger partial charge in [-0.3, -0.25) is 9.10 Å². The van der Waals surface area contributed by atoms with E-state index in [0.717, 1.165) is 4.31 Å². The third-order valence-electron chi connectivity index (χ3n) is 4.62. The van der Waals surface area contributed by atoms with Crippen LogP contribution in [0.1, 0.15) is 0 Å². The largest absolute Gasteiger partial charge is 0.486 e. The Hall–Kier alpha value is -2.94. The van der Waals surface area contributed by atoms with Crippen LogP contribution >= 0.6 is 23.2 Å². The molecule has 7 nitrogen and oxygen atoms in total. The van der Waals surface area contributed by atoms with Gasteiger partial charge in [-0.1, -0.05) is 41.4 Å². The molecule has 32 heavy (non-hydrogen) atoms. The molecule has 1 amide bonds. The molecule has 4 rings (SSSR count). The third-order valence-corrected chi connectivity index (χ3v) is 6.95. The standard InChI is InChI=1S/C22H18Cl2N2O5S/c23-15-6-8-18(24)19(12-15)26(32(28,29)17-4-2-1-3-5-17)14-22(27)25-16-7-9-20-21(13-16)31-11-10-30-20/h1-9,12-13H,10-11,14H2,(H,25,27). The lowest BCUT2D eigenvalue weighted by Gasteiger charge is -2.25. The van der Waals surface area contributed by atoms with Gasteiger partial charge in [-0.05, 0) is 42.5 Å². The minimum Gasteiger partial charge on any atom is -0.486 e. The van der Waals surface area contributed by atoms with Gasteiger partial charge in [-0.15, -0.1) is 0 Å². The van der Waals surface area contributed by atoms with Gasteiger partial charge in [0.2, 0.25) is 5.91 Å². The van der Waals surface area contributed by atoms with Crippen LogP contribution in [-0.4, -0.2) is 34.1 Å². The van der Waals surface area contributed by atoms with Gasteiger partial charge in [0.1, 0.15) is 19.8 Å². The summed E-state index contributed by atoms with van der Waals surface area (Å²) in [4.78, 5) is 12.9. The van der Waals surface area contributed by atoms with Crippen LogP contribution in [-0.2, 0) is 14.8 Å². The first-order valence-electron chi connectivity index (χ1n) is 9.57. The van der Waals surface area contributed by atoms with E-state index in [0.29, 0.717) is 30.4 Å². The number of halogens is 2. The second-order valence-electron chi connectivity index (χ2n) is 6.83. The second kappa shape index (κ2) is 9.28. The van der Waals surface area contributed by atoms with Gasteiger partial charge >= 0.3 is 0 Å². The molecule has 1 N–H and O–H groups in total. The maximum atomic E-state index is 13.4. The zero-order valence-corrected chi connectivity index (χ0v) is 19.0. The van der Waals surface area contributed by atoms with Crippen molar-refractivity contribution in [3.8, 4) is 11.5 Å². The van der Waals surface area contributed by atoms with Crippen LogP contribution in [0.5, 0.6) is 11.5 Å². The molecule has 0 atom stereocenters. The monoisotopic (exact) mass is 492 g/mol. The molecule has 0 unspecified atom stereocenters. The number of benzene rings is 3. The van der Waals surface area contributed by atoms with Crippen molar-refractivity contribution in [1.29, 1.82) is 0 Å². The number of sulfonamides is 1. The molecule has 0 spiro atoms. The smallest absolute Gasteiger partial charge is 0.264 e. The highest BCUT2D eigenvalue weighted by Crippen LogP contribution is 2.34. The van der Waals surface area contributed by atoms with Gasteiger partial charge in [0.05, 0.1) is 15.6 Å². The van der Waals surface area contributed by atoms with Crippen molar-refractivity contribution in [1.82, 2.24) is 0 Å². The van der Waals surface area contributed by atoms with Crippen molar-refractivity contribution < 1.29 is 22.7 Å². The predicted octanol–water partition coefficient (Wildman–Crippen LogP) is 4.60. The Morgan fingerprint density at radius 1 is 0.938 bits per heavy atom. The molecule has 3 aromatic rings. The molecule has 0 bridgehead atoms. The summed E-state index contributed by atoms with van der Waals surface area (Å²) in [6.07, 6.45) is 0. The van der Waals surface area contributed by atoms with E-state index in [4.69, 9.17) is 32.7 Å². The third kappa shape index (κ3) is 4.77. The summed E-state index contributed by atoms with van der Waals surface area (Å²) >= 11 is 12.4. The molecule has 0 aliphatic carbocycles. The molecule has 1 aliphatic heterocycles. The summed E-state index contributed by atoms with van der Waals surface area (Å²) in [6.45, 7) is 0.331. The summed E-state index contributed by atoms with van der Waals surface area (Å²) < 4.78 is 38.7. The number of hydrogen-bond donors (Lipinski definition) is 1. The van der Waals surface area contributed by atoms with E-state index in [9.17, 15) is 13.2 Å². The summed E-state index contributed by atoms with van der Waals surface area (Å²) in [7, 11) is -4.11. The van der Waals surface area contributed by atoms with E-state index >= 15 is 0 Å². The highest BCUT2D eigenvalue weighted by Gasteiger charge is 2.29. The fourth-order valence-electron chi connectivity index (χ4n) is 3.15. The maximum Gasteiger partial charge on any atom is 0.264 e. The molecule has 0 saturated heterocycles. The Balaban J connectivity index is 1.65. The van der Waals surface area contributed by atoms with Gasteiger partial charge in [0.15, 0.2) is 11.5 Å². The zero-order chi connectivity index (χ0) is 22.7. The van der Waals surface area contributed by atoms with Gasteiger partial charge in [0, 0.05) is 16.8 Å². The van der Waals surface area contributed by atoms with Crippen molar-refractivity contribution in [2.45, 2.75) is 4.90 Å². The van der Waals surface area contributed by atoms with E-state index in [1.165, 1.54) is 30.3 Å². The SMILES string of the molecule is O=C(CN(c1cc(Cl)ccc1Cl)S(=O)(=O)c1ccccc1)Nc1ccc2c(c1)OCCO2. The molecule has 0 radical (unpaired) electrons. The van der Waals surface area contributed by atoms with E-state index in [1.54, 1.807) is 36.4 Å². The van der Waals surface area contributed by atoms with E-state index in [1.807, 2.05) is 0 Å². The number of rotatable bonds is 6. The van der Waals surface area contributed by atoms with Crippen LogP contribution in [0.3, 0.4) is 0 Å². The topological polar surface area (TPSA) is 84.9 Å². The summed E-state index contributed by atoms with van der Waals surface area (Å²) in [6, 6.07) is 17.1. The lowest BCUT2D eigenvalue weighted by Crippen LogP contribution is -2.38. The zero-order valence-electron chi connectivity index (χ0n) is 16.6. The number of amides is 1. The molecule has 1 heterocycles. The number of hydrogen-bond acceptors (Lipinski definition) is 5. The van der Waals surface area contributed by atoms with Gasteiger partial charge in [-0.2, -0.15) is 0 Å². The van der Waals surface area contributed by atoms with Crippen LogP contribution in [0, 0.1) is 0 Å². The van der Waals surface area contributed by atoms with Crippen LogP contribution in [0.15, 0.2) is 71.6 Å². The van der Waals surface area contributed by atoms with Crippen molar-refractivity contribution in [2.24, 2.45) is 0 Å². The number of carbonyl (C=O) groups excluding carboxylic acids is 1. The molecule has 3 aromatic carbocycles. The molecule has 0 aromatic heterocycles. The quantitative estimate of drug-likeness (QED) is 0.543. The van der Waals surface area contributed by atoms with Crippen LogP contribution in [0.4, 0.5) is 11.4 Å². The normalized spacial score (nSPS) is 12.8. The van der Waals surface area contributed by atoms with Gasteiger partial charge in [0.25, 0.3) is 10.0 Å². The maximum absolute atomic E-state index is 13.4. The highest BCUT2D eigenvalue weighted by molar-refractivity contribution is 7.92. The minimum absolute atomic E-state index is 0.0168. The minimum atomic E-state index is -4.11. The van der Waals surface area contributed by atoms with Gasteiger partial charge < -0.3 is 14.8 Å². The van der Waals surface area contributed by atoms with Crippen LogP contribution in [0.25, 0.3) is 0 Å².